The van der Waals surface area contributed by atoms with Crippen molar-refractivity contribution in [2.45, 2.75) is 23.6 Å². The number of rotatable bonds is 5. The Morgan fingerprint density at radius 1 is 1.21 bits per heavy atom. The van der Waals surface area contributed by atoms with Crippen molar-refractivity contribution < 1.29 is 27.9 Å². The van der Waals surface area contributed by atoms with Crippen LogP contribution in [0, 0.1) is 0 Å². The summed E-state index contributed by atoms with van der Waals surface area (Å²) in [5.41, 5.74) is -4.86. The fourth-order valence-electron chi connectivity index (χ4n) is 1.59. The third-order valence-electron chi connectivity index (χ3n) is 2.54. The Balaban J connectivity index is 3.25. The zero-order chi connectivity index (χ0) is 14.7. The number of carboxylic acids is 1. The summed E-state index contributed by atoms with van der Waals surface area (Å²) in [5.74, 6) is -2.84. The van der Waals surface area contributed by atoms with Crippen molar-refractivity contribution >= 4 is 23.5 Å². The third kappa shape index (κ3) is 3.50. The van der Waals surface area contributed by atoms with Gasteiger partial charge >= 0.3 is 11.5 Å². The van der Waals surface area contributed by atoms with E-state index in [4.69, 9.17) is 5.11 Å². The second-order valence-corrected chi connectivity index (χ2v) is 5.09. The normalized spacial score (nSPS) is 14.7. The molecule has 1 aromatic carbocycles. The van der Waals surface area contributed by atoms with Crippen LogP contribution in [-0.4, -0.2) is 27.1 Å². The Morgan fingerprint density at radius 2 is 1.74 bits per heavy atom. The lowest BCUT2D eigenvalue weighted by Crippen LogP contribution is -2.45. The molecule has 0 amide bonds. The number of benzene rings is 1. The van der Waals surface area contributed by atoms with Crippen LogP contribution in [0.15, 0.2) is 30.3 Å². The molecule has 0 aliphatic rings. The van der Waals surface area contributed by atoms with E-state index in [1.54, 1.807) is 6.07 Å². The molecule has 0 fully saturated rings. The molecule has 0 radical (unpaired) electrons. The average Bonchev–Trinajstić information content (AvgIpc) is 2.34. The van der Waals surface area contributed by atoms with E-state index in [0.717, 1.165) is 0 Å². The van der Waals surface area contributed by atoms with Crippen LogP contribution in [-0.2, 0) is 4.79 Å². The number of ketones is 1. The van der Waals surface area contributed by atoms with Gasteiger partial charge in [-0.3, -0.25) is 9.59 Å². The Labute approximate surface area is 111 Å². The first-order valence-electron chi connectivity index (χ1n) is 5.33. The second-order valence-electron chi connectivity index (χ2n) is 3.73. The zero-order valence-electron chi connectivity index (χ0n) is 9.90. The minimum atomic E-state index is -4.81. The van der Waals surface area contributed by atoms with Crippen molar-refractivity contribution in [1.29, 1.82) is 0 Å². The largest absolute Gasteiger partial charge is 0.480 e. The third-order valence-corrected chi connectivity index (χ3v) is 3.76. The van der Waals surface area contributed by atoms with Gasteiger partial charge in [-0.15, -0.1) is 0 Å². The fraction of sp³-hybridized carbons (Fsp3) is 0.333. The van der Waals surface area contributed by atoms with Crippen molar-refractivity contribution in [1.82, 2.24) is 0 Å². The lowest BCUT2D eigenvalue weighted by molar-refractivity contribution is -0.139. The highest BCUT2D eigenvalue weighted by Crippen LogP contribution is 2.44. The molecule has 1 rings (SSSR count). The summed E-state index contributed by atoms with van der Waals surface area (Å²) in [5, 5.41) is 9.08. The van der Waals surface area contributed by atoms with E-state index in [-0.39, 0.29) is 5.56 Å². The molecule has 3 nitrogen and oxygen atoms in total. The summed E-state index contributed by atoms with van der Waals surface area (Å²) in [7, 11) is 0. The molecule has 0 aliphatic heterocycles. The van der Waals surface area contributed by atoms with Crippen molar-refractivity contribution in [3.63, 3.8) is 0 Å². The van der Waals surface area contributed by atoms with Crippen molar-refractivity contribution in [2.24, 2.45) is 0 Å². The predicted molar refractivity (Wildman–Crippen MR) is 65.1 cm³/mol. The van der Waals surface area contributed by atoms with Crippen LogP contribution in [0.2, 0.25) is 0 Å². The van der Waals surface area contributed by atoms with E-state index in [1.807, 2.05) is 0 Å². The minimum Gasteiger partial charge on any atom is -0.480 e. The van der Waals surface area contributed by atoms with E-state index < -0.39 is 40.2 Å². The van der Waals surface area contributed by atoms with Gasteiger partial charge in [0.2, 0.25) is 0 Å². The molecule has 7 heteroatoms. The molecule has 1 unspecified atom stereocenters. The van der Waals surface area contributed by atoms with Crippen LogP contribution < -0.4 is 0 Å². The second kappa shape index (κ2) is 5.64. The summed E-state index contributed by atoms with van der Waals surface area (Å²) in [6.07, 6.45) is -0.458. The summed E-state index contributed by atoms with van der Waals surface area (Å²) in [6, 6.07) is 7.11. The number of carbonyl (C=O) groups is 2. The molecule has 0 aromatic heterocycles. The standard InChI is InChI=1S/C12H11F3O3S/c1-2-11(10(17)18,19-12(13,14)15)9(16)8-6-4-3-5-7-8/h3-7H,2H2,1H3,(H,17,18). The molecule has 0 bridgehead atoms. The van der Waals surface area contributed by atoms with Crippen LogP contribution in [0.4, 0.5) is 13.2 Å². The number of alkyl halides is 3. The monoisotopic (exact) mass is 292 g/mol. The SMILES string of the molecule is CCC(SC(F)(F)F)(C(=O)O)C(=O)c1ccccc1. The van der Waals surface area contributed by atoms with Crippen LogP contribution in [0.5, 0.6) is 0 Å². The summed E-state index contributed by atoms with van der Waals surface area (Å²) < 4.78 is 35.0. The molecule has 0 saturated carbocycles. The molecule has 1 atom stereocenters. The van der Waals surface area contributed by atoms with Crippen LogP contribution in [0.3, 0.4) is 0 Å². The van der Waals surface area contributed by atoms with Gasteiger partial charge in [0.15, 0.2) is 10.5 Å². The summed E-state index contributed by atoms with van der Waals surface area (Å²) in [4.78, 5) is 23.3. The van der Waals surface area contributed by atoms with Gasteiger partial charge in [0.25, 0.3) is 0 Å². The van der Waals surface area contributed by atoms with Gasteiger partial charge in [-0.1, -0.05) is 37.3 Å². The molecule has 0 aliphatic carbocycles. The predicted octanol–water partition coefficient (Wildman–Crippen LogP) is 3.36. The first kappa shape index (κ1) is 15.6. The first-order valence-corrected chi connectivity index (χ1v) is 6.14. The Kier molecular flexibility index (Phi) is 4.62. The topological polar surface area (TPSA) is 54.4 Å². The highest BCUT2D eigenvalue weighted by Gasteiger charge is 2.53. The van der Waals surface area contributed by atoms with Gasteiger partial charge in [0.1, 0.15) is 0 Å². The highest BCUT2D eigenvalue weighted by atomic mass is 32.2. The van der Waals surface area contributed by atoms with Crippen molar-refractivity contribution in [2.75, 3.05) is 0 Å². The van der Waals surface area contributed by atoms with E-state index >= 15 is 0 Å². The van der Waals surface area contributed by atoms with Gasteiger partial charge in [-0.05, 0) is 18.2 Å². The molecule has 0 saturated heterocycles. The van der Waals surface area contributed by atoms with Gasteiger partial charge in [-0.25, -0.2) is 0 Å². The maximum Gasteiger partial charge on any atom is 0.443 e. The van der Waals surface area contributed by atoms with E-state index in [1.165, 1.54) is 31.2 Å². The molecule has 1 aromatic rings. The quantitative estimate of drug-likeness (QED) is 0.668. The average molecular weight is 292 g/mol. The van der Waals surface area contributed by atoms with Crippen LogP contribution >= 0.6 is 11.8 Å². The molecule has 0 spiro atoms. The van der Waals surface area contributed by atoms with E-state index in [9.17, 15) is 22.8 Å². The highest BCUT2D eigenvalue weighted by molar-refractivity contribution is 8.03. The van der Waals surface area contributed by atoms with E-state index in [0.29, 0.717) is 0 Å². The number of aliphatic carboxylic acids is 1. The van der Waals surface area contributed by atoms with Gasteiger partial charge in [0.05, 0.1) is 0 Å². The maximum absolute atomic E-state index is 12.5. The number of carbonyl (C=O) groups excluding carboxylic acids is 1. The molecular formula is C12H11F3O3S. The molecular weight excluding hydrogens is 281 g/mol. The lowest BCUT2D eigenvalue weighted by Gasteiger charge is -2.26. The molecule has 1 N–H and O–H groups in total. The van der Waals surface area contributed by atoms with Gasteiger partial charge in [0, 0.05) is 5.56 Å². The lowest BCUT2D eigenvalue weighted by atomic mass is 9.94. The van der Waals surface area contributed by atoms with Crippen molar-refractivity contribution in [3.05, 3.63) is 35.9 Å². The first-order chi connectivity index (χ1) is 8.73. The molecule has 104 valence electrons. The smallest absolute Gasteiger partial charge is 0.443 e. The number of hydrogen-bond acceptors (Lipinski definition) is 3. The Hall–Kier alpha value is -1.50. The Morgan fingerprint density at radius 3 is 2.11 bits per heavy atom. The zero-order valence-corrected chi connectivity index (χ0v) is 10.7. The fourth-order valence-corrected chi connectivity index (χ4v) is 2.43. The number of thioether (sulfide) groups is 1. The minimum absolute atomic E-state index is 0.0523. The number of hydrogen-bond donors (Lipinski definition) is 1. The summed E-state index contributed by atoms with van der Waals surface area (Å²) >= 11 is -0.789. The number of Topliss-reactive ketones (excluding diaryl/α,β-unsaturated/α-hetero) is 1. The summed E-state index contributed by atoms with van der Waals surface area (Å²) in [6.45, 7) is 1.24. The number of carboxylic acid groups (broad SMARTS) is 1. The van der Waals surface area contributed by atoms with Crippen molar-refractivity contribution in [3.8, 4) is 0 Å². The maximum atomic E-state index is 12.5. The van der Waals surface area contributed by atoms with Gasteiger partial charge in [-0.2, -0.15) is 13.2 Å². The molecule has 19 heavy (non-hydrogen) atoms. The van der Waals surface area contributed by atoms with Crippen LogP contribution in [0.25, 0.3) is 0 Å². The Bertz CT molecular complexity index is 473. The molecule has 0 heterocycles. The van der Waals surface area contributed by atoms with Crippen LogP contribution in [0.1, 0.15) is 23.7 Å². The van der Waals surface area contributed by atoms with E-state index in [2.05, 4.69) is 0 Å². The number of halogens is 3. The van der Waals surface area contributed by atoms with Gasteiger partial charge < -0.3 is 5.11 Å².